The summed E-state index contributed by atoms with van der Waals surface area (Å²) < 4.78 is 0. The average molecular weight is 384 g/mol. The molecular weight excluding hydrogens is 360 g/mol. The quantitative estimate of drug-likeness (QED) is 0.551. The monoisotopic (exact) mass is 384 g/mol. The Morgan fingerprint density at radius 2 is 1.52 bits per heavy atom. The first kappa shape index (κ1) is 18.9. The van der Waals surface area contributed by atoms with Crippen molar-refractivity contribution in [3.8, 4) is 0 Å². The molecule has 1 aliphatic rings. The van der Waals surface area contributed by atoms with Gasteiger partial charge in [0, 0.05) is 11.3 Å². The number of hydrogen-bond donors (Lipinski definition) is 0. The maximum Gasteiger partial charge on any atom is 0.285 e. The molecule has 3 aromatic carbocycles. The second-order valence-corrected chi connectivity index (χ2v) is 8.15. The Morgan fingerprint density at radius 3 is 2.21 bits per heavy atom. The number of carbonyl (C=O) groups is 1. The zero-order valence-electron chi connectivity index (χ0n) is 16.9. The van der Waals surface area contributed by atoms with Gasteiger partial charge in [-0.05, 0) is 34.7 Å². The molecule has 4 heteroatoms. The number of hydrogen-bond acceptors (Lipinski definition) is 3. The highest BCUT2D eigenvalue weighted by Crippen LogP contribution is 2.35. The van der Waals surface area contributed by atoms with Crippen LogP contribution < -0.4 is 4.90 Å². The van der Waals surface area contributed by atoms with E-state index < -0.39 is 0 Å². The zero-order chi connectivity index (χ0) is 20.4. The lowest BCUT2D eigenvalue weighted by molar-refractivity contribution is -0.111. The highest BCUT2D eigenvalue weighted by Gasteiger charge is 2.35. The first-order valence-electron chi connectivity index (χ1n) is 9.73. The number of carbonyl (C=O) groups excluding carboxylic acids is 1. The molecule has 0 saturated heterocycles. The Kier molecular flexibility index (Phi) is 4.93. The van der Waals surface area contributed by atoms with Gasteiger partial charge in [0.15, 0.2) is 5.71 Å². The second kappa shape index (κ2) is 7.55. The van der Waals surface area contributed by atoms with Gasteiger partial charge >= 0.3 is 0 Å². The summed E-state index contributed by atoms with van der Waals surface area (Å²) in [6.07, 6.45) is 0. The molecule has 146 valence electrons. The van der Waals surface area contributed by atoms with Gasteiger partial charge in [-0.1, -0.05) is 86.6 Å². The number of benzene rings is 3. The van der Waals surface area contributed by atoms with E-state index in [1.54, 1.807) is 4.90 Å². The molecule has 3 aromatic rings. The van der Waals surface area contributed by atoms with Crippen molar-refractivity contribution in [2.75, 3.05) is 4.90 Å². The van der Waals surface area contributed by atoms with Crippen LogP contribution in [-0.2, 0) is 21.7 Å². The van der Waals surface area contributed by atoms with Gasteiger partial charge in [0.05, 0.1) is 5.69 Å². The summed E-state index contributed by atoms with van der Waals surface area (Å²) >= 11 is 0. The summed E-state index contributed by atoms with van der Waals surface area (Å²) in [5.41, 5.74) is 5.14. The Bertz CT molecular complexity index is 1050. The summed E-state index contributed by atoms with van der Waals surface area (Å²) in [4.78, 5) is 20.3. The van der Waals surface area contributed by atoms with Crippen LogP contribution in [0.3, 0.4) is 0 Å². The number of rotatable bonds is 4. The van der Waals surface area contributed by atoms with Crippen molar-refractivity contribution in [3.05, 3.63) is 95.6 Å². The molecule has 0 spiro atoms. The molecule has 0 unspecified atom stereocenters. The number of para-hydroxylation sites is 2. The fraction of sp³-hybridized carbons (Fsp3) is 0.200. The summed E-state index contributed by atoms with van der Waals surface area (Å²) in [6, 6.07) is 25.5. The highest BCUT2D eigenvalue weighted by atomic mass is 16.6. The van der Waals surface area contributed by atoms with E-state index >= 15 is 0 Å². The van der Waals surface area contributed by atoms with Crippen LogP contribution in [0.2, 0.25) is 0 Å². The van der Waals surface area contributed by atoms with E-state index in [0.29, 0.717) is 12.3 Å². The van der Waals surface area contributed by atoms with Gasteiger partial charge in [0.1, 0.15) is 6.61 Å². The molecule has 1 amide bonds. The lowest BCUT2D eigenvalue weighted by Crippen LogP contribution is -2.25. The predicted molar refractivity (Wildman–Crippen MR) is 116 cm³/mol. The Morgan fingerprint density at radius 1 is 0.862 bits per heavy atom. The number of amides is 1. The number of oxime groups is 1. The minimum absolute atomic E-state index is 0.112. The lowest BCUT2D eigenvalue weighted by atomic mass is 9.87. The molecule has 0 fully saturated rings. The minimum Gasteiger partial charge on any atom is -0.390 e. The van der Waals surface area contributed by atoms with Crippen molar-refractivity contribution in [3.63, 3.8) is 0 Å². The maximum atomic E-state index is 13.1. The molecule has 0 aromatic heterocycles. The van der Waals surface area contributed by atoms with Crippen LogP contribution in [0.4, 0.5) is 11.4 Å². The molecule has 0 N–H and O–H groups in total. The number of nitrogens with zero attached hydrogens (tertiary/aromatic N) is 2. The summed E-state index contributed by atoms with van der Waals surface area (Å²) in [5.74, 6) is -0.180. The molecule has 0 atom stereocenters. The van der Waals surface area contributed by atoms with Crippen molar-refractivity contribution in [2.45, 2.75) is 32.8 Å². The Labute approximate surface area is 171 Å². The van der Waals surface area contributed by atoms with Crippen molar-refractivity contribution < 1.29 is 9.63 Å². The largest absolute Gasteiger partial charge is 0.390 e. The number of anilines is 2. The van der Waals surface area contributed by atoms with Crippen LogP contribution >= 0.6 is 0 Å². The van der Waals surface area contributed by atoms with Crippen LogP contribution in [0, 0.1) is 0 Å². The van der Waals surface area contributed by atoms with Crippen LogP contribution in [0.15, 0.2) is 84.0 Å². The third-order valence-corrected chi connectivity index (χ3v) is 5.03. The zero-order valence-corrected chi connectivity index (χ0v) is 16.9. The SMILES string of the molecule is CC(C)(C)c1ccc(CON=C2C(=O)N(c3ccccc3)c3ccccc32)cc1. The first-order chi connectivity index (χ1) is 13.9. The third-order valence-electron chi connectivity index (χ3n) is 5.03. The molecular formula is C25H24N2O2. The van der Waals surface area contributed by atoms with Gasteiger partial charge < -0.3 is 4.84 Å². The first-order valence-corrected chi connectivity index (χ1v) is 9.73. The Balaban J connectivity index is 1.55. The topological polar surface area (TPSA) is 41.9 Å². The molecule has 0 bridgehead atoms. The molecule has 0 saturated carbocycles. The molecule has 0 radical (unpaired) electrons. The normalized spacial score (nSPS) is 14.9. The van der Waals surface area contributed by atoms with Gasteiger partial charge in [0.25, 0.3) is 5.91 Å². The molecule has 0 aliphatic carbocycles. The van der Waals surface area contributed by atoms with E-state index in [0.717, 1.165) is 22.5 Å². The third kappa shape index (κ3) is 3.79. The average Bonchev–Trinajstić information content (AvgIpc) is 3.00. The van der Waals surface area contributed by atoms with Crippen LogP contribution in [0.25, 0.3) is 0 Å². The van der Waals surface area contributed by atoms with Gasteiger partial charge in [-0.15, -0.1) is 0 Å². The fourth-order valence-corrected chi connectivity index (χ4v) is 3.39. The van der Waals surface area contributed by atoms with E-state index in [1.165, 1.54) is 5.56 Å². The molecule has 4 nitrogen and oxygen atoms in total. The fourth-order valence-electron chi connectivity index (χ4n) is 3.39. The second-order valence-electron chi connectivity index (χ2n) is 8.15. The molecule has 1 heterocycles. The highest BCUT2D eigenvalue weighted by molar-refractivity contribution is 6.55. The van der Waals surface area contributed by atoms with Crippen molar-refractivity contribution in [1.82, 2.24) is 0 Å². The predicted octanol–water partition coefficient (Wildman–Crippen LogP) is 5.58. The van der Waals surface area contributed by atoms with Crippen LogP contribution in [0.5, 0.6) is 0 Å². The molecule has 1 aliphatic heterocycles. The summed E-state index contributed by atoms with van der Waals surface area (Å²) in [6.45, 7) is 6.87. The van der Waals surface area contributed by atoms with E-state index in [9.17, 15) is 4.79 Å². The van der Waals surface area contributed by atoms with Gasteiger partial charge in [-0.2, -0.15) is 0 Å². The van der Waals surface area contributed by atoms with E-state index in [4.69, 9.17) is 4.84 Å². The van der Waals surface area contributed by atoms with Gasteiger partial charge in [-0.3, -0.25) is 9.69 Å². The van der Waals surface area contributed by atoms with E-state index in [1.807, 2.05) is 66.7 Å². The van der Waals surface area contributed by atoms with Crippen molar-refractivity contribution >= 4 is 23.0 Å². The molecule has 4 rings (SSSR count). The maximum absolute atomic E-state index is 13.1. The lowest BCUT2D eigenvalue weighted by Gasteiger charge is -2.19. The van der Waals surface area contributed by atoms with E-state index in [-0.39, 0.29) is 11.3 Å². The van der Waals surface area contributed by atoms with Crippen molar-refractivity contribution in [2.24, 2.45) is 5.16 Å². The number of fused-ring (bicyclic) bond motifs is 1. The van der Waals surface area contributed by atoms with Crippen LogP contribution in [-0.4, -0.2) is 11.6 Å². The Hall–Kier alpha value is -3.40. The standard InChI is InChI=1S/C25H24N2O2/c1-25(2,3)19-15-13-18(14-16-19)17-29-26-23-21-11-7-8-12-22(21)27(24(23)28)20-9-5-4-6-10-20/h4-16H,17H2,1-3H3. The smallest absolute Gasteiger partial charge is 0.285 e. The minimum atomic E-state index is -0.180. The summed E-state index contributed by atoms with van der Waals surface area (Å²) in [7, 11) is 0. The van der Waals surface area contributed by atoms with Gasteiger partial charge in [0.2, 0.25) is 0 Å². The van der Waals surface area contributed by atoms with Gasteiger partial charge in [-0.25, -0.2) is 0 Å². The molecule has 29 heavy (non-hydrogen) atoms. The van der Waals surface area contributed by atoms with Crippen molar-refractivity contribution in [1.29, 1.82) is 0 Å². The summed E-state index contributed by atoms with van der Waals surface area (Å²) in [5, 5.41) is 4.21. The van der Waals surface area contributed by atoms with E-state index in [2.05, 4.69) is 38.1 Å². The van der Waals surface area contributed by atoms with Crippen LogP contribution in [0.1, 0.15) is 37.5 Å².